The molecule has 3 rings (SSSR count). The van der Waals surface area contributed by atoms with Crippen molar-refractivity contribution in [3.8, 4) is 5.75 Å². The Kier molecular flexibility index (Phi) is 6.38. The third kappa shape index (κ3) is 4.68. The molecular weight excluding hydrogens is 410 g/mol. The zero-order valence-electron chi connectivity index (χ0n) is 15.1. The molecule has 1 heterocycles. The minimum Gasteiger partial charge on any atom is -0.483 e. The van der Waals surface area contributed by atoms with Crippen molar-refractivity contribution in [2.75, 3.05) is 0 Å². The molecule has 6 heteroatoms. The topological polar surface area (TPSA) is 39.9 Å². The summed E-state index contributed by atoms with van der Waals surface area (Å²) in [5.41, 5.74) is 2.55. The van der Waals surface area contributed by atoms with Gasteiger partial charge < -0.3 is 9.30 Å². The normalized spacial score (nSPS) is 12.2. The highest BCUT2D eigenvalue weighted by molar-refractivity contribution is 9.10. The molecule has 3 aromatic rings. The molecule has 0 aliphatic carbocycles. The number of rotatable bonds is 7. The Morgan fingerprint density at radius 1 is 1.12 bits per heavy atom. The van der Waals surface area contributed by atoms with Crippen LogP contribution in [0.15, 0.2) is 58.2 Å². The summed E-state index contributed by atoms with van der Waals surface area (Å²) in [6.07, 6.45) is 0.859. The summed E-state index contributed by atoms with van der Waals surface area (Å²) in [6, 6.07) is 16.5. The summed E-state index contributed by atoms with van der Waals surface area (Å²) in [5.74, 6) is 2.52. The molecule has 0 fully saturated rings. The number of benzene rings is 2. The van der Waals surface area contributed by atoms with Crippen molar-refractivity contribution >= 4 is 27.7 Å². The lowest BCUT2D eigenvalue weighted by atomic mass is 10.2. The molecule has 0 N–H and O–H groups in total. The van der Waals surface area contributed by atoms with Gasteiger partial charge in [-0.25, -0.2) is 0 Å². The van der Waals surface area contributed by atoms with Crippen LogP contribution in [0.5, 0.6) is 5.75 Å². The third-order valence-electron chi connectivity index (χ3n) is 4.13. The number of ether oxygens (including phenoxy) is 1. The molecule has 0 radical (unpaired) electrons. The van der Waals surface area contributed by atoms with Gasteiger partial charge in [0.2, 0.25) is 0 Å². The van der Waals surface area contributed by atoms with Crippen molar-refractivity contribution < 1.29 is 4.74 Å². The smallest absolute Gasteiger partial charge is 0.191 e. The number of hydrogen-bond donors (Lipinski definition) is 0. The van der Waals surface area contributed by atoms with Crippen molar-refractivity contribution in [2.24, 2.45) is 7.05 Å². The first-order valence-corrected chi connectivity index (χ1v) is 10.4. The summed E-state index contributed by atoms with van der Waals surface area (Å²) in [5, 5.41) is 9.55. The minimum absolute atomic E-state index is 0.166. The van der Waals surface area contributed by atoms with Crippen molar-refractivity contribution in [3.05, 3.63) is 70.0 Å². The second kappa shape index (κ2) is 8.73. The van der Waals surface area contributed by atoms with E-state index in [0.717, 1.165) is 33.4 Å². The van der Waals surface area contributed by atoms with Crippen LogP contribution in [0, 0.1) is 0 Å². The van der Waals surface area contributed by atoms with Gasteiger partial charge in [-0.1, -0.05) is 58.9 Å². The van der Waals surface area contributed by atoms with Crippen LogP contribution < -0.4 is 4.74 Å². The Morgan fingerprint density at radius 2 is 1.88 bits per heavy atom. The van der Waals surface area contributed by atoms with Crippen molar-refractivity contribution in [3.63, 3.8) is 0 Å². The Balaban J connectivity index is 1.65. The van der Waals surface area contributed by atoms with Gasteiger partial charge in [0.1, 0.15) is 5.75 Å². The van der Waals surface area contributed by atoms with Gasteiger partial charge in [-0.3, -0.25) is 0 Å². The quantitative estimate of drug-likeness (QED) is 0.458. The molecule has 26 heavy (non-hydrogen) atoms. The molecule has 136 valence electrons. The largest absolute Gasteiger partial charge is 0.483 e. The lowest BCUT2D eigenvalue weighted by Crippen LogP contribution is -2.10. The standard InChI is InChI=1S/C20H22BrN3OS/c1-4-15-8-10-18(11-9-15)25-14(2)19-22-23-20(24(19)3)26-13-16-6-5-7-17(21)12-16/h5-12,14H,4,13H2,1-3H3. The molecule has 0 bridgehead atoms. The van der Waals surface area contributed by atoms with Crippen molar-refractivity contribution in [2.45, 2.75) is 37.3 Å². The number of thioether (sulfide) groups is 1. The lowest BCUT2D eigenvalue weighted by Gasteiger charge is -2.14. The fraction of sp³-hybridized carbons (Fsp3) is 0.300. The van der Waals surface area contributed by atoms with Gasteiger partial charge in [0.25, 0.3) is 0 Å². The lowest BCUT2D eigenvalue weighted by molar-refractivity contribution is 0.211. The van der Waals surface area contributed by atoms with Crippen molar-refractivity contribution in [1.29, 1.82) is 0 Å². The van der Waals surface area contributed by atoms with E-state index in [0.29, 0.717) is 0 Å². The summed E-state index contributed by atoms with van der Waals surface area (Å²) in [7, 11) is 1.98. The number of halogens is 1. The van der Waals surface area contributed by atoms with Gasteiger partial charge in [0, 0.05) is 17.3 Å². The van der Waals surface area contributed by atoms with E-state index in [2.05, 4.69) is 57.3 Å². The summed E-state index contributed by atoms with van der Waals surface area (Å²) in [6.45, 7) is 4.14. The highest BCUT2D eigenvalue weighted by Crippen LogP contribution is 2.26. The Bertz CT molecular complexity index is 864. The molecule has 0 saturated heterocycles. The third-order valence-corrected chi connectivity index (χ3v) is 5.72. The molecule has 0 aliphatic heterocycles. The number of aryl methyl sites for hydroxylation is 1. The van der Waals surface area contributed by atoms with E-state index in [9.17, 15) is 0 Å². The molecule has 0 spiro atoms. The predicted molar refractivity (Wildman–Crippen MR) is 110 cm³/mol. The number of aromatic nitrogens is 3. The number of nitrogens with zero attached hydrogens (tertiary/aromatic N) is 3. The van der Waals surface area contributed by atoms with E-state index in [1.807, 2.05) is 42.8 Å². The van der Waals surface area contributed by atoms with Gasteiger partial charge in [0.15, 0.2) is 17.1 Å². The Labute approximate surface area is 167 Å². The average molecular weight is 432 g/mol. The van der Waals surface area contributed by atoms with Crippen molar-refractivity contribution in [1.82, 2.24) is 14.8 Å². The first-order valence-electron chi connectivity index (χ1n) is 8.59. The van der Waals surface area contributed by atoms with E-state index >= 15 is 0 Å². The van der Waals surface area contributed by atoms with E-state index in [-0.39, 0.29) is 6.10 Å². The van der Waals surface area contributed by atoms with Gasteiger partial charge >= 0.3 is 0 Å². The van der Waals surface area contributed by atoms with Crippen LogP contribution in [0.3, 0.4) is 0 Å². The average Bonchev–Trinajstić information content (AvgIpc) is 3.01. The summed E-state index contributed by atoms with van der Waals surface area (Å²) in [4.78, 5) is 0. The molecule has 4 nitrogen and oxygen atoms in total. The van der Waals surface area contributed by atoms with Gasteiger partial charge in [-0.2, -0.15) is 0 Å². The minimum atomic E-state index is -0.166. The SMILES string of the molecule is CCc1ccc(OC(C)c2nnc(SCc3cccc(Br)c3)n2C)cc1. The summed E-state index contributed by atoms with van der Waals surface area (Å²) < 4.78 is 9.13. The van der Waals surface area contributed by atoms with Crippen LogP contribution in [0.1, 0.15) is 36.9 Å². The molecule has 0 aliphatic rings. The van der Waals surface area contributed by atoms with Crippen LogP contribution in [-0.2, 0) is 19.2 Å². The Hall–Kier alpha value is -1.79. The maximum absolute atomic E-state index is 6.03. The van der Waals surface area contributed by atoms with E-state index in [1.165, 1.54) is 11.1 Å². The second-order valence-corrected chi connectivity index (χ2v) is 7.93. The Morgan fingerprint density at radius 3 is 2.58 bits per heavy atom. The van der Waals surface area contributed by atoms with Crippen LogP contribution >= 0.6 is 27.7 Å². The monoisotopic (exact) mass is 431 g/mol. The van der Waals surface area contributed by atoms with Gasteiger partial charge in [-0.05, 0) is 48.7 Å². The van der Waals surface area contributed by atoms with Gasteiger partial charge in [-0.15, -0.1) is 10.2 Å². The zero-order chi connectivity index (χ0) is 18.5. The molecule has 1 atom stereocenters. The molecule has 0 saturated carbocycles. The zero-order valence-corrected chi connectivity index (χ0v) is 17.5. The van der Waals surface area contributed by atoms with E-state index < -0.39 is 0 Å². The fourth-order valence-corrected chi connectivity index (χ4v) is 3.95. The molecule has 1 unspecified atom stereocenters. The fourth-order valence-electron chi connectivity index (χ4n) is 2.64. The van der Waals surface area contributed by atoms with Crippen LogP contribution in [-0.4, -0.2) is 14.8 Å². The van der Waals surface area contributed by atoms with E-state index in [1.54, 1.807) is 11.8 Å². The highest BCUT2D eigenvalue weighted by atomic mass is 79.9. The first-order chi connectivity index (χ1) is 12.6. The summed E-state index contributed by atoms with van der Waals surface area (Å²) >= 11 is 5.18. The maximum Gasteiger partial charge on any atom is 0.191 e. The van der Waals surface area contributed by atoms with Crippen LogP contribution in [0.25, 0.3) is 0 Å². The highest BCUT2D eigenvalue weighted by Gasteiger charge is 2.17. The molecule has 0 amide bonds. The van der Waals surface area contributed by atoms with Crippen LogP contribution in [0.2, 0.25) is 0 Å². The molecular formula is C20H22BrN3OS. The van der Waals surface area contributed by atoms with E-state index in [4.69, 9.17) is 4.74 Å². The van der Waals surface area contributed by atoms with Gasteiger partial charge in [0.05, 0.1) is 0 Å². The predicted octanol–water partition coefficient (Wildman–Crippen LogP) is 5.57. The number of hydrogen-bond acceptors (Lipinski definition) is 4. The first kappa shape index (κ1) is 19.0. The second-order valence-electron chi connectivity index (χ2n) is 6.08. The maximum atomic E-state index is 6.03. The molecule has 1 aromatic heterocycles. The molecule has 2 aromatic carbocycles. The van der Waals surface area contributed by atoms with Crippen LogP contribution in [0.4, 0.5) is 0 Å².